The summed E-state index contributed by atoms with van der Waals surface area (Å²) >= 11 is 0. The molecule has 5 nitrogen and oxygen atoms in total. The van der Waals surface area contributed by atoms with Crippen LogP contribution in [0.5, 0.6) is 11.5 Å². The van der Waals surface area contributed by atoms with Gasteiger partial charge in [-0.3, -0.25) is 4.79 Å². The molecular formula is C12H14O5. The minimum Gasteiger partial charge on any atom is -0.504 e. The van der Waals surface area contributed by atoms with E-state index in [9.17, 15) is 14.7 Å². The molecule has 0 aromatic heterocycles. The molecule has 2 N–H and O–H groups in total. The Kier molecular flexibility index (Phi) is 4.51. The van der Waals surface area contributed by atoms with Crippen molar-refractivity contribution in [1.29, 1.82) is 0 Å². The van der Waals surface area contributed by atoms with Crippen molar-refractivity contribution in [3.63, 3.8) is 0 Å². The molecule has 0 aliphatic rings. The van der Waals surface area contributed by atoms with Gasteiger partial charge in [0.05, 0.1) is 6.61 Å². The van der Waals surface area contributed by atoms with Crippen molar-refractivity contribution in [3.8, 4) is 11.5 Å². The Balaban J connectivity index is 2.69. The Hall–Kier alpha value is -2.04. The van der Waals surface area contributed by atoms with Gasteiger partial charge in [0.1, 0.15) is 0 Å². The van der Waals surface area contributed by atoms with Gasteiger partial charge in [0.15, 0.2) is 11.5 Å². The van der Waals surface area contributed by atoms with Crippen molar-refractivity contribution < 1.29 is 24.5 Å². The van der Waals surface area contributed by atoms with Crippen molar-refractivity contribution in [1.82, 2.24) is 0 Å². The Morgan fingerprint density at radius 1 is 1.35 bits per heavy atom. The standard InChI is InChI=1S/C12H14O5/c1-2-17-11-7-8(3-5-9(11)13)4-6-10(14)12(15)16/h3,5,7,13H,2,4,6H2,1H3,(H,15,16). The number of ether oxygens (including phenoxy) is 1. The molecule has 92 valence electrons. The Morgan fingerprint density at radius 3 is 2.65 bits per heavy atom. The summed E-state index contributed by atoms with van der Waals surface area (Å²) in [4.78, 5) is 21.2. The lowest BCUT2D eigenvalue weighted by atomic mass is 10.1. The summed E-state index contributed by atoms with van der Waals surface area (Å²) in [5.41, 5.74) is 0.751. The number of ketones is 1. The van der Waals surface area contributed by atoms with Gasteiger partial charge >= 0.3 is 5.97 Å². The molecule has 0 saturated carbocycles. The smallest absolute Gasteiger partial charge is 0.372 e. The van der Waals surface area contributed by atoms with Crippen molar-refractivity contribution in [3.05, 3.63) is 23.8 Å². The van der Waals surface area contributed by atoms with E-state index in [1.165, 1.54) is 6.07 Å². The summed E-state index contributed by atoms with van der Waals surface area (Å²) in [6.45, 7) is 2.21. The first-order chi connectivity index (χ1) is 8.04. The number of phenolic OH excluding ortho intramolecular Hbond substituents is 1. The van der Waals surface area contributed by atoms with Crippen molar-refractivity contribution in [2.24, 2.45) is 0 Å². The molecule has 1 rings (SSSR count). The molecule has 0 saturated heterocycles. The first-order valence-electron chi connectivity index (χ1n) is 5.25. The van der Waals surface area contributed by atoms with E-state index in [2.05, 4.69) is 0 Å². The van der Waals surface area contributed by atoms with Crippen LogP contribution in [0.25, 0.3) is 0 Å². The number of hydrogen-bond donors (Lipinski definition) is 2. The van der Waals surface area contributed by atoms with Gasteiger partial charge < -0.3 is 14.9 Å². The predicted molar refractivity (Wildman–Crippen MR) is 60.2 cm³/mol. The second-order valence-corrected chi connectivity index (χ2v) is 3.46. The van der Waals surface area contributed by atoms with Crippen molar-refractivity contribution >= 4 is 11.8 Å². The van der Waals surface area contributed by atoms with Crippen LogP contribution in [-0.2, 0) is 16.0 Å². The number of phenols is 1. The van der Waals surface area contributed by atoms with Gasteiger partial charge in [-0.15, -0.1) is 0 Å². The summed E-state index contributed by atoms with van der Waals surface area (Å²) in [5, 5.41) is 17.9. The van der Waals surface area contributed by atoms with Crippen LogP contribution in [0.2, 0.25) is 0 Å². The van der Waals surface area contributed by atoms with E-state index in [0.29, 0.717) is 18.8 Å². The lowest BCUT2D eigenvalue weighted by Crippen LogP contribution is -2.12. The van der Waals surface area contributed by atoms with Crippen molar-refractivity contribution in [2.75, 3.05) is 6.61 Å². The monoisotopic (exact) mass is 238 g/mol. The number of aliphatic carboxylic acids is 1. The van der Waals surface area contributed by atoms with Gasteiger partial charge in [0, 0.05) is 6.42 Å². The molecule has 17 heavy (non-hydrogen) atoms. The maximum absolute atomic E-state index is 10.9. The van der Waals surface area contributed by atoms with Gasteiger partial charge in [-0.25, -0.2) is 4.79 Å². The van der Waals surface area contributed by atoms with Crippen LogP contribution in [-0.4, -0.2) is 28.6 Å². The molecule has 0 heterocycles. The third-order valence-corrected chi connectivity index (χ3v) is 2.20. The predicted octanol–water partition coefficient (Wildman–Crippen LogP) is 1.38. The van der Waals surface area contributed by atoms with Crippen LogP contribution in [0.15, 0.2) is 18.2 Å². The zero-order valence-electron chi connectivity index (χ0n) is 9.47. The van der Waals surface area contributed by atoms with Gasteiger partial charge in [-0.2, -0.15) is 0 Å². The molecule has 0 radical (unpaired) electrons. The average Bonchev–Trinajstić information content (AvgIpc) is 2.29. The van der Waals surface area contributed by atoms with Gasteiger partial charge in [-0.05, 0) is 31.0 Å². The number of carboxylic acids is 1. The molecule has 5 heteroatoms. The zero-order chi connectivity index (χ0) is 12.8. The van der Waals surface area contributed by atoms with E-state index >= 15 is 0 Å². The number of aromatic hydroxyl groups is 1. The molecule has 0 aliphatic carbocycles. The minimum absolute atomic E-state index is 0.0279. The molecule has 1 aromatic rings. The highest BCUT2D eigenvalue weighted by Crippen LogP contribution is 2.27. The molecular weight excluding hydrogens is 224 g/mol. The third kappa shape index (κ3) is 3.79. The van der Waals surface area contributed by atoms with Gasteiger partial charge in [0.25, 0.3) is 0 Å². The van der Waals surface area contributed by atoms with Gasteiger partial charge in [0.2, 0.25) is 5.78 Å². The molecule has 0 aliphatic heterocycles. The highest BCUT2D eigenvalue weighted by Gasteiger charge is 2.11. The number of carboxylic acid groups (broad SMARTS) is 1. The summed E-state index contributed by atoms with van der Waals surface area (Å²) < 4.78 is 5.18. The molecule has 0 fully saturated rings. The topological polar surface area (TPSA) is 83.8 Å². The fraction of sp³-hybridized carbons (Fsp3) is 0.333. The van der Waals surface area contributed by atoms with E-state index in [0.717, 1.165) is 5.56 Å². The quantitative estimate of drug-likeness (QED) is 0.731. The van der Waals surface area contributed by atoms with Crippen LogP contribution in [0.3, 0.4) is 0 Å². The van der Waals surface area contributed by atoms with E-state index in [-0.39, 0.29) is 12.2 Å². The molecule has 0 unspecified atom stereocenters. The summed E-state index contributed by atoms with van der Waals surface area (Å²) in [5.74, 6) is -1.88. The maximum atomic E-state index is 10.9. The number of hydrogen-bond acceptors (Lipinski definition) is 4. The van der Waals surface area contributed by atoms with E-state index in [1.807, 2.05) is 0 Å². The fourth-order valence-electron chi connectivity index (χ4n) is 1.35. The summed E-state index contributed by atoms with van der Waals surface area (Å²) in [6.07, 6.45) is 0.247. The molecule has 1 aromatic carbocycles. The SMILES string of the molecule is CCOc1cc(CCC(=O)C(=O)O)ccc1O. The largest absolute Gasteiger partial charge is 0.504 e. The number of Topliss-reactive ketones (excluding diaryl/α,β-unsaturated/α-hetero) is 1. The van der Waals surface area contributed by atoms with E-state index < -0.39 is 11.8 Å². The normalized spacial score (nSPS) is 9.94. The molecule has 0 amide bonds. The molecule has 0 atom stereocenters. The van der Waals surface area contributed by atoms with Gasteiger partial charge in [-0.1, -0.05) is 6.07 Å². The molecule has 0 spiro atoms. The van der Waals surface area contributed by atoms with Crippen LogP contribution < -0.4 is 4.74 Å². The number of rotatable bonds is 6. The zero-order valence-corrected chi connectivity index (χ0v) is 9.47. The fourth-order valence-corrected chi connectivity index (χ4v) is 1.35. The Bertz CT molecular complexity index is 425. The van der Waals surface area contributed by atoms with E-state index in [4.69, 9.17) is 9.84 Å². The highest BCUT2D eigenvalue weighted by atomic mass is 16.5. The molecule has 0 bridgehead atoms. The Morgan fingerprint density at radius 2 is 2.06 bits per heavy atom. The average molecular weight is 238 g/mol. The van der Waals surface area contributed by atoms with Crippen LogP contribution in [0.1, 0.15) is 18.9 Å². The first kappa shape index (κ1) is 13.0. The number of benzene rings is 1. The third-order valence-electron chi connectivity index (χ3n) is 2.20. The van der Waals surface area contributed by atoms with Crippen LogP contribution in [0, 0.1) is 0 Å². The summed E-state index contributed by atoms with van der Waals surface area (Å²) in [6, 6.07) is 4.70. The lowest BCUT2D eigenvalue weighted by molar-refractivity contribution is -0.149. The lowest BCUT2D eigenvalue weighted by Gasteiger charge is -2.07. The van der Waals surface area contributed by atoms with Crippen LogP contribution in [0.4, 0.5) is 0 Å². The number of aryl methyl sites for hydroxylation is 1. The maximum Gasteiger partial charge on any atom is 0.372 e. The van der Waals surface area contributed by atoms with E-state index in [1.54, 1.807) is 19.1 Å². The minimum atomic E-state index is -1.42. The Labute approximate surface area is 98.6 Å². The second kappa shape index (κ2) is 5.89. The second-order valence-electron chi connectivity index (χ2n) is 3.46. The first-order valence-corrected chi connectivity index (χ1v) is 5.25. The number of carbonyl (C=O) groups is 2. The summed E-state index contributed by atoms with van der Waals surface area (Å²) in [7, 11) is 0. The van der Waals surface area contributed by atoms with Crippen molar-refractivity contribution in [2.45, 2.75) is 19.8 Å². The number of carbonyl (C=O) groups excluding carboxylic acids is 1. The highest BCUT2D eigenvalue weighted by molar-refractivity contribution is 6.32. The van der Waals surface area contributed by atoms with Crippen LogP contribution >= 0.6 is 0 Å².